The van der Waals surface area contributed by atoms with E-state index in [1.807, 2.05) is 0 Å². The minimum Gasteiger partial charge on any atom is -0.252 e. The number of aromatic nitrogens is 1. The SMILES string of the molecule is CCCc1nc2c(C)cc(Br)cc2cc1CC. The molecule has 2 heteroatoms. The van der Waals surface area contributed by atoms with Crippen LogP contribution in [-0.4, -0.2) is 4.98 Å². The van der Waals surface area contributed by atoms with Gasteiger partial charge in [-0.15, -0.1) is 0 Å². The molecule has 2 rings (SSSR count). The van der Waals surface area contributed by atoms with Crippen LogP contribution in [0, 0.1) is 6.92 Å². The number of hydrogen-bond donors (Lipinski definition) is 0. The summed E-state index contributed by atoms with van der Waals surface area (Å²) in [6.07, 6.45) is 3.29. The van der Waals surface area contributed by atoms with Crippen molar-refractivity contribution < 1.29 is 0 Å². The van der Waals surface area contributed by atoms with Gasteiger partial charge < -0.3 is 0 Å². The Morgan fingerprint density at radius 3 is 2.59 bits per heavy atom. The van der Waals surface area contributed by atoms with Crippen molar-refractivity contribution in [2.45, 2.75) is 40.0 Å². The fraction of sp³-hybridized carbons (Fsp3) is 0.400. The molecule has 1 aromatic heterocycles. The summed E-state index contributed by atoms with van der Waals surface area (Å²) in [5.41, 5.74) is 5.05. The fourth-order valence-corrected chi connectivity index (χ4v) is 2.85. The van der Waals surface area contributed by atoms with Gasteiger partial charge in [-0.1, -0.05) is 36.2 Å². The summed E-state index contributed by atoms with van der Waals surface area (Å²) >= 11 is 3.55. The van der Waals surface area contributed by atoms with E-state index in [9.17, 15) is 0 Å². The number of aryl methyl sites for hydroxylation is 3. The topological polar surface area (TPSA) is 12.9 Å². The number of hydrogen-bond acceptors (Lipinski definition) is 1. The van der Waals surface area contributed by atoms with Crippen molar-refractivity contribution in [2.24, 2.45) is 0 Å². The Balaban J connectivity index is 2.69. The molecule has 0 fully saturated rings. The first-order chi connectivity index (χ1) is 8.15. The van der Waals surface area contributed by atoms with Gasteiger partial charge in [0.1, 0.15) is 0 Å². The zero-order chi connectivity index (χ0) is 12.4. The van der Waals surface area contributed by atoms with Crippen molar-refractivity contribution in [1.29, 1.82) is 0 Å². The maximum atomic E-state index is 4.86. The molecule has 0 aliphatic rings. The zero-order valence-electron chi connectivity index (χ0n) is 10.7. The van der Waals surface area contributed by atoms with E-state index in [1.165, 1.54) is 22.2 Å². The maximum absolute atomic E-state index is 4.86. The molecule has 1 nitrogen and oxygen atoms in total. The van der Waals surface area contributed by atoms with Crippen LogP contribution in [0.25, 0.3) is 10.9 Å². The molecule has 17 heavy (non-hydrogen) atoms. The predicted octanol–water partition coefficient (Wildman–Crippen LogP) is 4.82. The Kier molecular flexibility index (Phi) is 3.82. The second kappa shape index (κ2) is 5.18. The van der Waals surface area contributed by atoms with Gasteiger partial charge in [0, 0.05) is 15.6 Å². The molecule has 0 aliphatic heterocycles. The third-order valence-electron chi connectivity index (χ3n) is 3.11. The summed E-state index contributed by atoms with van der Waals surface area (Å²) in [7, 11) is 0. The third-order valence-corrected chi connectivity index (χ3v) is 3.57. The minimum absolute atomic E-state index is 1.06. The van der Waals surface area contributed by atoms with Crippen molar-refractivity contribution in [1.82, 2.24) is 4.98 Å². The smallest absolute Gasteiger partial charge is 0.0735 e. The molecule has 0 unspecified atom stereocenters. The largest absolute Gasteiger partial charge is 0.252 e. The number of rotatable bonds is 3. The maximum Gasteiger partial charge on any atom is 0.0735 e. The van der Waals surface area contributed by atoms with Crippen LogP contribution in [0.5, 0.6) is 0 Å². The van der Waals surface area contributed by atoms with E-state index in [0.29, 0.717) is 0 Å². The summed E-state index contributed by atoms with van der Waals surface area (Å²) in [5, 5.41) is 1.24. The van der Waals surface area contributed by atoms with E-state index >= 15 is 0 Å². The molecular formula is C15H18BrN. The predicted molar refractivity (Wildman–Crippen MR) is 77.6 cm³/mol. The molecule has 0 bridgehead atoms. The summed E-state index contributed by atoms with van der Waals surface area (Å²) in [6, 6.07) is 6.59. The highest BCUT2D eigenvalue weighted by molar-refractivity contribution is 9.10. The van der Waals surface area contributed by atoms with Gasteiger partial charge in [-0.3, -0.25) is 4.98 Å². The quantitative estimate of drug-likeness (QED) is 0.790. The summed E-state index contributed by atoms with van der Waals surface area (Å²) < 4.78 is 1.13. The van der Waals surface area contributed by atoms with E-state index in [0.717, 1.165) is 29.3 Å². The van der Waals surface area contributed by atoms with Crippen LogP contribution in [0.4, 0.5) is 0 Å². The normalized spacial score (nSPS) is 11.1. The van der Waals surface area contributed by atoms with Crippen LogP contribution in [-0.2, 0) is 12.8 Å². The molecule has 1 aromatic carbocycles. The standard InChI is InChI=1S/C15H18BrN/c1-4-6-14-11(5-2)8-12-9-13(16)7-10(3)15(12)17-14/h7-9H,4-6H2,1-3H3. The number of halogens is 1. The Morgan fingerprint density at radius 2 is 1.94 bits per heavy atom. The molecule has 0 aliphatic carbocycles. The van der Waals surface area contributed by atoms with Gasteiger partial charge in [0.05, 0.1) is 5.52 Å². The molecular weight excluding hydrogens is 274 g/mol. The molecule has 1 heterocycles. The van der Waals surface area contributed by atoms with Crippen molar-refractivity contribution >= 4 is 26.8 Å². The van der Waals surface area contributed by atoms with Gasteiger partial charge in [-0.25, -0.2) is 0 Å². The van der Waals surface area contributed by atoms with E-state index in [2.05, 4.69) is 54.9 Å². The Hall–Kier alpha value is -0.890. The second-order valence-electron chi connectivity index (χ2n) is 4.49. The lowest BCUT2D eigenvalue weighted by molar-refractivity contribution is 0.865. The van der Waals surface area contributed by atoms with Crippen LogP contribution in [0.1, 0.15) is 37.1 Å². The van der Waals surface area contributed by atoms with Gasteiger partial charge in [0.15, 0.2) is 0 Å². The van der Waals surface area contributed by atoms with Gasteiger partial charge in [0.25, 0.3) is 0 Å². The molecule has 0 spiro atoms. The number of nitrogens with zero attached hydrogens (tertiary/aromatic N) is 1. The molecule has 0 N–H and O–H groups in total. The monoisotopic (exact) mass is 291 g/mol. The van der Waals surface area contributed by atoms with Crippen LogP contribution in [0.15, 0.2) is 22.7 Å². The first-order valence-electron chi connectivity index (χ1n) is 6.24. The average Bonchev–Trinajstić information content (AvgIpc) is 2.29. The highest BCUT2D eigenvalue weighted by Gasteiger charge is 2.07. The molecule has 90 valence electrons. The third kappa shape index (κ3) is 2.52. The Bertz CT molecular complexity index is 546. The Labute approximate surface area is 111 Å². The van der Waals surface area contributed by atoms with Crippen molar-refractivity contribution in [2.75, 3.05) is 0 Å². The van der Waals surface area contributed by atoms with Gasteiger partial charge >= 0.3 is 0 Å². The molecule has 0 atom stereocenters. The second-order valence-corrected chi connectivity index (χ2v) is 5.41. The fourth-order valence-electron chi connectivity index (χ4n) is 2.26. The zero-order valence-corrected chi connectivity index (χ0v) is 12.3. The molecule has 0 saturated heterocycles. The first-order valence-corrected chi connectivity index (χ1v) is 7.03. The van der Waals surface area contributed by atoms with E-state index in [1.54, 1.807) is 0 Å². The molecule has 0 radical (unpaired) electrons. The number of fused-ring (bicyclic) bond motifs is 1. The Morgan fingerprint density at radius 1 is 1.18 bits per heavy atom. The van der Waals surface area contributed by atoms with Crippen LogP contribution >= 0.6 is 15.9 Å². The van der Waals surface area contributed by atoms with Crippen molar-refractivity contribution in [3.63, 3.8) is 0 Å². The molecule has 2 aromatic rings. The van der Waals surface area contributed by atoms with Gasteiger partial charge in [0.2, 0.25) is 0 Å². The van der Waals surface area contributed by atoms with Crippen molar-refractivity contribution in [3.05, 3.63) is 39.5 Å². The summed E-state index contributed by atoms with van der Waals surface area (Å²) in [4.78, 5) is 4.86. The van der Waals surface area contributed by atoms with E-state index in [4.69, 9.17) is 4.98 Å². The first kappa shape index (κ1) is 12.6. The number of benzene rings is 1. The van der Waals surface area contributed by atoms with Gasteiger partial charge in [-0.2, -0.15) is 0 Å². The van der Waals surface area contributed by atoms with E-state index in [-0.39, 0.29) is 0 Å². The van der Waals surface area contributed by atoms with E-state index < -0.39 is 0 Å². The average molecular weight is 292 g/mol. The summed E-state index contributed by atoms with van der Waals surface area (Å²) in [5.74, 6) is 0. The lowest BCUT2D eigenvalue weighted by Crippen LogP contribution is -1.98. The molecule has 0 amide bonds. The minimum atomic E-state index is 1.06. The summed E-state index contributed by atoms with van der Waals surface area (Å²) in [6.45, 7) is 6.54. The highest BCUT2D eigenvalue weighted by atomic mass is 79.9. The lowest BCUT2D eigenvalue weighted by atomic mass is 10.0. The lowest BCUT2D eigenvalue weighted by Gasteiger charge is -2.10. The van der Waals surface area contributed by atoms with Gasteiger partial charge in [-0.05, 0) is 49.1 Å². The highest BCUT2D eigenvalue weighted by Crippen LogP contribution is 2.25. The molecule has 0 saturated carbocycles. The van der Waals surface area contributed by atoms with Crippen LogP contribution < -0.4 is 0 Å². The van der Waals surface area contributed by atoms with Crippen LogP contribution in [0.3, 0.4) is 0 Å². The number of pyridine rings is 1. The van der Waals surface area contributed by atoms with Crippen molar-refractivity contribution in [3.8, 4) is 0 Å². The van der Waals surface area contributed by atoms with Crippen LogP contribution in [0.2, 0.25) is 0 Å².